The van der Waals surface area contributed by atoms with Crippen LogP contribution in [0.3, 0.4) is 0 Å². The van der Waals surface area contributed by atoms with Gasteiger partial charge in [0.15, 0.2) is 5.75 Å². The summed E-state index contributed by atoms with van der Waals surface area (Å²) in [6.45, 7) is 3.49. The fraction of sp³-hybridized carbons (Fsp3) is 0.273. The first-order chi connectivity index (χ1) is 7.58. The summed E-state index contributed by atoms with van der Waals surface area (Å²) in [6, 6.07) is 2.05. The second-order valence-corrected chi connectivity index (χ2v) is 3.90. The van der Waals surface area contributed by atoms with Crippen LogP contribution < -0.4 is 9.47 Å². The van der Waals surface area contributed by atoms with Crippen LogP contribution in [0.15, 0.2) is 4.47 Å². The fourth-order valence-corrected chi connectivity index (χ4v) is 2.36. The third-order valence-corrected chi connectivity index (χ3v) is 3.04. The van der Waals surface area contributed by atoms with Crippen LogP contribution >= 0.6 is 15.9 Å². The lowest BCUT2D eigenvalue weighted by molar-refractivity contribution is 0.402. The third kappa shape index (κ3) is 1.82. The van der Waals surface area contributed by atoms with E-state index in [0.29, 0.717) is 32.7 Å². The number of methoxy groups -OCH3 is 1. The van der Waals surface area contributed by atoms with Crippen molar-refractivity contribution in [3.8, 4) is 23.8 Å². The number of benzene rings is 1. The molecule has 0 spiro atoms. The minimum absolute atomic E-state index is 0.374. The van der Waals surface area contributed by atoms with Crippen LogP contribution in [0.2, 0.25) is 0 Å². The van der Waals surface area contributed by atoms with Crippen molar-refractivity contribution in [2.45, 2.75) is 13.8 Å². The molecule has 0 saturated heterocycles. The predicted molar refractivity (Wildman–Crippen MR) is 61.1 cm³/mol. The maximum atomic E-state index is 9.03. The molecule has 4 nitrogen and oxygen atoms in total. The van der Waals surface area contributed by atoms with E-state index in [-0.39, 0.29) is 0 Å². The molecule has 0 bridgehead atoms. The summed E-state index contributed by atoms with van der Waals surface area (Å²) in [4.78, 5) is 0. The van der Waals surface area contributed by atoms with Crippen LogP contribution in [0.4, 0.5) is 0 Å². The smallest absolute Gasteiger partial charge is 0.292 e. The average Bonchev–Trinajstić information content (AvgIpc) is 2.26. The topological polar surface area (TPSA) is 66.0 Å². The number of nitrogens with zero attached hydrogens (tertiary/aromatic N) is 2. The number of halogens is 1. The van der Waals surface area contributed by atoms with Gasteiger partial charge in [-0.3, -0.25) is 0 Å². The van der Waals surface area contributed by atoms with Gasteiger partial charge in [0.1, 0.15) is 11.8 Å². The fourth-order valence-electron chi connectivity index (χ4n) is 1.52. The highest BCUT2D eigenvalue weighted by Gasteiger charge is 2.20. The van der Waals surface area contributed by atoms with E-state index in [1.165, 1.54) is 7.11 Å². The molecule has 0 aliphatic heterocycles. The van der Waals surface area contributed by atoms with Gasteiger partial charge < -0.3 is 9.47 Å². The van der Waals surface area contributed by atoms with E-state index in [2.05, 4.69) is 15.9 Å². The Bertz CT molecular complexity index is 512. The highest BCUT2D eigenvalue weighted by molar-refractivity contribution is 9.10. The Morgan fingerprint density at radius 2 is 1.75 bits per heavy atom. The first-order valence-corrected chi connectivity index (χ1v) is 5.20. The average molecular weight is 281 g/mol. The molecule has 16 heavy (non-hydrogen) atoms. The van der Waals surface area contributed by atoms with Crippen molar-refractivity contribution in [2.75, 3.05) is 7.11 Å². The molecule has 0 aromatic heterocycles. The lowest BCUT2D eigenvalue weighted by Crippen LogP contribution is -1.99. The molecule has 0 amide bonds. The van der Waals surface area contributed by atoms with Crippen molar-refractivity contribution in [1.82, 2.24) is 0 Å². The SMILES string of the molecule is COc1c(C)c(OC#N)c(C)c(C#N)c1Br. The second-order valence-electron chi connectivity index (χ2n) is 3.11. The first-order valence-electron chi connectivity index (χ1n) is 4.41. The molecular weight excluding hydrogens is 272 g/mol. The van der Waals surface area contributed by atoms with Gasteiger partial charge in [0, 0.05) is 11.1 Å². The van der Waals surface area contributed by atoms with Crippen LogP contribution in [0.25, 0.3) is 0 Å². The van der Waals surface area contributed by atoms with Crippen LogP contribution in [-0.2, 0) is 0 Å². The Morgan fingerprint density at radius 3 is 2.19 bits per heavy atom. The summed E-state index contributed by atoms with van der Waals surface area (Å²) in [5, 5.41) is 17.6. The van der Waals surface area contributed by atoms with Gasteiger partial charge in [0.2, 0.25) is 0 Å². The molecule has 0 fully saturated rings. The summed E-state index contributed by atoms with van der Waals surface area (Å²) < 4.78 is 10.6. The van der Waals surface area contributed by atoms with Gasteiger partial charge in [0.25, 0.3) is 6.26 Å². The second kappa shape index (κ2) is 4.87. The normalized spacial score (nSPS) is 9.12. The molecule has 0 atom stereocenters. The van der Waals surface area contributed by atoms with E-state index in [1.54, 1.807) is 20.1 Å². The first kappa shape index (κ1) is 12.4. The van der Waals surface area contributed by atoms with Crippen molar-refractivity contribution in [2.24, 2.45) is 0 Å². The van der Waals surface area contributed by atoms with Crippen molar-refractivity contribution >= 4 is 15.9 Å². The minimum Gasteiger partial charge on any atom is -0.495 e. The lowest BCUT2D eigenvalue weighted by Gasteiger charge is -2.14. The Balaban J connectivity index is 3.66. The number of hydrogen-bond acceptors (Lipinski definition) is 4. The minimum atomic E-state index is 0.374. The Kier molecular flexibility index (Phi) is 3.76. The number of nitriles is 2. The van der Waals surface area contributed by atoms with Gasteiger partial charge in [-0.05, 0) is 29.8 Å². The Hall–Kier alpha value is -1.72. The van der Waals surface area contributed by atoms with E-state index in [4.69, 9.17) is 20.0 Å². The summed E-state index contributed by atoms with van der Waals surface area (Å²) in [6.07, 6.45) is 1.61. The van der Waals surface area contributed by atoms with Crippen molar-refractivity contribution in [3.05, 3.63) is 21.2 Å². The largest absolute Gasteiger partial charge is 0.495 e. The quantitative estimate of drug-likeness (QED) is 0.782. The van der Waals surface area contributed by atoms with Crippen molar-refractivity contribution in [1.29, 1.82) is 10.5 Å². The van der Waals surface area contributed by atoms with Crippen LogP contribution in [-0.4, -0.2) is 7.11 Å². The number of rotatable bonds is 2. The summed E-state index contributed by atoms with van der Waals surface area (Å²) in [5.74, 6) is 0.881. The molecule has 0 aliphatic rings. The highest BCUT2D eigenvalue weighted by atomic mass is 79.9. The van der Waals surface area contributed by atoms with Crippen LogP contribution in [0.1, 0.15) is 16.7 Å². The summed E-state index contributed by atoms with van der Waals surface area (Å²) in [5.41, 5.74) is 1.72. The van der Waals surface area contributed by atoms with Crippen molar-refractivity contribution < 1.29 is 9.47 Å². The molecule has 0 N–H and O–H groups in total. The molecule has 0 aliphatic carbocycles. The maximum Gasteiger partial charge on any atom is 0.292 e. The molecule has 1 aromatic rings. The maximum absolute atomic E-state index is 9.03. The van der Waals surface area contributed by atoms with Gasteiger partial charge in [-0.1, -0.05) is 0 Å². The van der Waals surface area contributed by atoms with Gasteiger partial charge in [0.05, 0.1) is 17.1 Å². The van der Waals surface area contributed by atoms with Crippen molar-refractivity contribution in [3.63, 3.8) is 0 Å². The van der Waals surface area contributed by atoms with Gasteiger partial charge in [-0.2, -0.15) is 5.26 Å². The Morgan fingerprint density at radius 1 is 1.12 bits per heavy atom. The zero-order chi connectivity index (χ0) is 12.3. The zero-order valence-corrected chi connectivity index (χ0v) is 10.7. The third-order valence-electron chi connectivity index (χ3n) is 2.28. The van der Waals surface area contributed by atoms with E-state index in [9.17, 15) is 0 Å². The molecule has 82 valence electrons. The van der Waals surface area contributed by atoms with Gasteiger partial charge >= 0.3 is 0 Å². The van der Waals surface area contributed by atoms with E-state index in [0.717, 1.165) is 0 Å². The number of ether oxygens (including phenoxy) is 2. The van der Waals surface area contributed by atoms with E-state index in [1.807, 2.05) is 6.07 Å². The van der Waals surface area contributed by atoms with Gasteiger partial charge in [-0.25, -0.2) is 0 Å². The summed E-state index contributed by atoms with van der Waals surface area (Å²) in [7, 11) is 1.50. The molecule has 5 heteroatoms. The zero-order valence-electron chi connectivity index (χ0n) is 9.09. The van der Waals surface area contributed by atoms with E-state index >= 15 is 0 Å². The lowest BCUT2D eigenvalue weighted by atomic mass is 10.0. The molecule has 0 radical (unpaired) electrons. The van der Waals surface area contributed by atoms with Crippen LogP contribution in [0.5, 0.6) is 11.5 Å². The predicted octanol–water partition coefficient (Wildman–Crippen LogP) is 2.81. The van der Waals surface area contributed by atoms with E-state index < -0.39 is 0 Å². The standard InChI is InChI=1S/C11H9BrN2O2/c1-6-8(4-13)9(12)11(15-3)7(2)10(6)16-5-14/h1-3H3. The summed E-state index contributed by atoms with van der Waals surface area (Å²) >= 11 is 3.30. The highest BCUT2D eigenvalue weighted by Crippen LogP contribution is 2.40. The Labute approximate surface area is 102 Å². The van der Waals surface area contributed by atoms with Crippen LogP contribution in [0, 0.1) is 36.7 Å². The molecule has 0 saturated carbocycles. The molecule has 0 unspecified atom stereocenters. The monoisotopic (exact) mass is 280 g/mol. The number of hydrogen-bond donors (Lipinski definition) is 0. The molecular formula is C11H9BrN2O2. The molecule has 1 rings (SSSR count). The van der Waals surface area contributed by atoms with Gasteiger partial charge in [-0.15, -0.1) is 5.26 Å². The molecule has 0 heterocycles. The molecule has 1 aromatic carbocycles.